The van der Waals surface area contributed by atoms with Crippen molar-refractivity contribution in [1.82, 2.24) is 4.98 Å². The molecular formula is C10H12F2N2O3. The van der Waals surface area contributed by atoms with Crippen molar-refractivity contribution in [2.45, 2.75) is 6.43 Å². The Hall–Kier alpha value is -1.76. The minimum absolute atomic E-state index is 0.0290. The molecule has 0 atom stereocenters. The van der Waals surface area contributed by atoms with E-state index in [1.807, 2.05) is 0 Å². The SMILES string of the molecule is O=C(O)c1cnccc1NCCOCC(F)F. The van der Waals surface area contributed by atoms with Gasteiger partial charge in [-0.3, -0.25) is 4.98 Å². The fraction of sp³-hybridized carbons (Fsp3) is 0.400. The summed E-state index contributed by atoms with van der Waals surface area (Å²) in [5, 5.41) is 11.6. The molecule has 0 spiro atoms. The second-order valence-corrected chi connectivity index (χ2v) is 3.12. The fourth-order valence-corrected chi connectivity index (χ4v) is 1.15. The largest absolute Gasteiger partial charge is 0.478 e. The van der Waals surface area contributed by atoms with Crippen LogP contribution in [0.25, 0.3) is 0 Å². The predicted octanol–water partition coefficient (Wildman–Crippen LogP) is 1.47. The molecule has 0 aromatic carbocycles. The number of nitrogens with zero attached hydrogens (tertiary/aromatic N) is 1. The zero-order valence-electron chi connectivity index (χ0n) is 8.90. The van der Waals surface area contributed by atoms with Crippen molar-refractivity contribution in [3.63, 3.8) is 0 Å². The lowest BCUT2D eigenvalue weighted by Crippen LogP contribution is -2.14. The lowest BCUT2D eigenvalue weighted by atomic mass is 10.2. The molecule has 7 heteroatoms. The first-order valence-corrected chi connectivity index (χ1v) is 4.88. The van der Waals surface area contributed by atoms with Crippen LogP contribution in [0, 0.1) is 0 Å². The summed E-state index contributed by atoms with van der Waals surface area (Å²) in [6, 6.07) is 1.50. The van der Waals surface area contributed by atoms with Gasteiger partial charge in [-0.1, -0.05) is 0 Å². The quantitative estimate of drug-likeness (QED) is 0.713. The minimum atomic E-state index is -2.49. The molecule has 0 saturated carbocycles. The van der Waals surface area contributed by atoms with Gasteiger partial charge in [0.1, 0.15) is 12.2 Å². The number of ether oxygens (including phenoxy) is 1. The molecule has 0 radical (unpaired) electrons. The van der Waals surface area contributed by atoms with Gasteiger partial charge in [-0.05, 0) is 6.07 Å². The lowest BCUT2D eigenvalue weighted by molar-refractivity contribution is 0.0215. The van der Waals surface area contributed by atoms with Crippen LogP contribution in [0.5, 0.6) is 0 Å². The number of anilines is 1. The topological polar surface area (TPSA) is 71.5 Å². The Balaban J connectivity index is 2.39. The van der Waals surface area contributed by atoms with Crippen LogP contribution in [0.4, 0.5) is 14.5 Å². The van der Waals surface area contributed by atoms with Crippen LogP contribution in [-0.2, 0) is 4.74 Å². The van der Waals surface area contributed by atoms with Gasteiger partial charge in [-0.15, -0.1) is 0 Å². The molecule has 5 nitrogen and oxygen atoms in total. The highest BCUT2D eigenvalue weighted by Gasteiger charge is 2.09. The van der Waals surface area contributed by atoms with E-state index in [9.17, 15) is 13.6 Å². The Morgan fingerprint density at radius 1 is 1.59 bits per heavy atom. The molecule has 0 unspecified atom stereocenters. The van der Waals surface area contributed by atoms with Crippen LogP contribution < -0.4 is 5.32 Å². The van der Waals surface area contributed by atoms with Crippen LogP contribution in [0.2, 0.25) is 0 Å². The summed E-state index contributed by atoms with van der Waals surface area (Å²) in [6.45, 7) is -0.299. The first-order chi connectivity index (χ1) is 8.11. The fourth-order valence-electron chi connectivity index (χ4n) is 1.15. The first kappa shape index (κ1) is 13.3. The smallest absolute Gasteiger partial charge is 0.339 e. The van der Waals surface area contributed by atoms with Crippen LogP contribution >= 0.6 is 0 Å². The summed E-state index contributed by atoms with van der Waals surface area (Å²) < 4.78 is 28.1. The van der Waals surface area contributed by atoms with Gasteiger partial charge in [-0.25, -0.2) is 13.6 Å². The Kier molecular flexibility index (Phi) is 5.28. The molecule has 2 N–H and O–H groups in total. The number of alkyl halides is 2. The summed E-state index contributed by atoms with van der Waals surface area (Å²) in [5.74, 6) is -1.10. The van der Waals surface area contributed by atoms with Crippen molar-refractivity contribution in [2.75, 3.05) is 25.1 Å². The number of carboxylic acid groups (broad SMARTS) is 1. The van der Waals surface area contributed by atoms with Crippen molar-refractivity contribution in [3.05, 3.63) is 24.0 Å². The average Bonchev–Trinajstić information content (AvgIpc) is 2.28. The standard InChI is InChI=1S/C10H12F2N2O3/c11-9(12)6-17-4-3-14-8-1-2-13-5-7(8)10(15)16/h1-2,5,9H,3-4,6H2,(H,13,14)(H,15,16). The zero-order chi connectivity index (χ0) is 12.7. The molecule has 0 bridgehead atoms. The zero-order valence-corrected chi connectivity index (χ0v) is 8.90. The number of halogens is 2. The summed E-state index contributed by atoms with van der Waals surface area (Å²) >= 11 is 0. The average molecular weight is 246 g/mol. The number of pyridine rings is 1. The molecule has 0 saturated heterocycles. The molecule has 0 aliphatic carbocycles. The van der Waals surface area contributed by atoms with E-state index in [1.165, 1.54) is 18.5 Å². The summed E-state index contributed by atoms with van der Waals surface area (Å²) in [7, 11) is 0. The van der Waals surface area contributed by atoms with Crippen molar-refractivity contribution < 1.29 is 23.4 Å². The van der Waals surface area contributed by atoms with E-state index in [0.717, 1.165) is 0 Å². The van der Waals surface area contributed by atoms with E-state index in [-0.39, 0.29) is 18.7 Å². The number of aromatic nitrogens is 1. The van der Waals surface area contributed by atoms with Gasteiger partial charge in [0.25, 0.3) is 6.43 Å². The lowest BCUT2D eigenvalue weighted by Gasteiger charge is -2.09. The summed E-state index contributed by atoms with van der Waals surface area (Å²) in [4.78, 5) is 14.5. The van der Waals surface area contributed by atoms with E-state index in [0.29, 0.717) is 5.69 Å². The normalized spacial score (nSPS) is 10.5. The highest BCUT2D eigenvalue weighted by Crippen LogP contribution is 2.12. The van der Waals surface area contributed by atoms with E-state index in [2.05, 4.69) is 15.0 Å². The van der Waals surface area contributed by atoms with Gasteiger partial charge in [0.15, 0.2) is 0 Å². The number of carboxylic acids is 1. The summed E-state index contributed by atoms with van der Waals surface area (Å²) in [5.41, 5.74) is 0.412. The van der Waals surface area contributed by atoms with E-state index in [1.54, 1.807) is 0 Å². The third-order valence-corrected chi connectivity index (χ3v) is 1.86. The van der Waals surface area contributed by atoms with E-state index in [4.69, 9.17) is 5.11 Å². The highest BCUT2D eigenvalue weighted by molar-refractivity contribution is 5.93. The maximum absolute atomic E-state index is 11.7. The second-order valence-electron chi connectivity index (χ2n) is 3.12. The number of hydrogen-bond acceptors (Lipinski definition) is 4. The first-order valence-electron chi connectivity index (χ1n) is 4.88. The number of nitrogens with one attached hydrogen (secondary N) is 1. The maximum atomic E-state index is 11.7. The molecule has 1 heterocycles. The molecule has 1 rings (SSSR count). The molecule has 94 valence electrons. The van der Waals surface area contributed by atoms with Crippen LogP contribution in [0.15, 0.2) is 18.5 Å². The number of aromatic carboxylic acids is 1. The van der Waals surface area contributed by atoms with Crippen molar-refractivity contribution in [1.29, 1.82) is 0 Å². The predicted molar refractivity (Wildman–Crippen MR) is 56.5 cm³/mol. The van der Waals surface area contributed by atoms with Crippen molar-refractivity contribution in [2.24, 2.45) is 0 Å². The van der Waals surface area contributed by atoms with E-state index >= 15 is 0 Å². The van der Waals surface area contributed by atoms with Crippen molar-refractivity contribution in [3.8, 4) is 0 Å². The van der Waals surface area contributed by atoms with Gasteiger partial charge in [0, 0.05) is 18.9 Å². The summed E-state index contributed by atoms with van der Waals surface area (Å²) in [6.07, 6.45) is 0.157. The third-order valence-electron chi connectivity index (χ3n) is 1.86. The molecule has 0 fully saturated rings. The van der Waals surface area contributed by atoms with E-state index < -0.39 is 19.0 Å². The molecule has 0 aliphatic heterocycles. The number of rotatable bonds is 7. The van der Waals surface area contributed by atoms with Gasteiger partial charge < -0.3 is 15.2 Å². The molecular weight excluding hydrogens is 234 g/mol. The highest BCUT2D eigenvalue weighted by atomic mass is 19.3. The monoisotopic (exact) mass is 246 g/mol. The van der Waals surface area contributed by atoms with Gasteiger partial charge in [0.05, 0.1) is 12.3 Å². The van der Waals surface area contributed by atoms with Gasteiger partial charge in [-0.2, -0.15) is 0 Å². The van der Waals surface area contributed by atoms with Crippen LogP contribution in [-0.4, -0.2) is 42.2 Å². The molecule has 17 heavy (non-hydrogen) atoms. The van der Waals surface area contributed by atoms with Gasteiger partial charge >= 0.3 is 5.97 Å². The molecule has 0 amide bonds. The maximum Gasteiger partial charge on any atom is 0.339 e. The molecule has 1 aromatic heterocycles. The second kappa shape index (κ2) is 6.74. The number of hydrogen-bond donors (Lipinski definition) is 2. The molecule has 0 aliphatic rings. The Morgan fingerprint density at radius 2 is 2.35 bits per heavy atom. The van der Waals surface area contributed by atoms with Crippen LogP contribution in [0.3, 0.4) is 0 Å². The van der Waals surface area contributed by atoms with Crippen LogP contribution in [0.1, 0.15) is 10.4 Å². The molecule has 1 aromatic rings. The number of carbonyl (C=O) groups is 1. The van der Waals surface area contributed by atoms with Crippen molar-refractivity contribution >= 4 is 11.7 Å². The Labute approximate surface area is 96.4 Å². The van der Waals surface area contributed by atoms with Gasteiger partial charge in [0.2, 0.25) is 0 Å². The minimum Gasteiger partial charge on any atom is -0.478 e. The third kappa shape index (κ3) is 4.73. The Morgan fingerprint density at radius 3 is 3.00 bits per heavy atom. The Bertz CT molecular complexity index is 374.